The number of aromatic nitrogens is 1. The Morgan fingerprint density at radius 1 is 1.69 bits per heavy atom. The molecule has 3 N–H and O–H groups in total. The molecule has 1 rings (SSSR count). The number of thiazole rings is 1. The van der Waals surface area contributed by atoms with Crippen molar-refractivity contribution in [2.24, 2.45) is 5.73 Å². The van der Waals surface area contributed by atoms with Gasteiger partial charge in [0.05, 0.1) is 5.54 Å². The third-order valence-electron chi connectivity index (χ3n) is 1.83. The summed E-state index contributed by atoms with van der Waals surface area (Å²) in [6.07, 6.45) is 1.83. The minimum absolute atomic E-state index is 0.0677. The van der Waals surface area contributed by atoms with Crippen molar-refractivity contribution in [2.45, 2.75) is 32.4 Å². The van der Waals surface area contributed by atoms with Crippen molar-refractivity contribution >= 4 is 11.3 Å². The van der Waals surface area contributed by atoms with Crippen LogP contribution < -0.4 is 11.1 Å². The molecule has 0 aliphatic carbocycles. The molecule has 13 heavy (non-hydrogen) atoms. The monoisotopic (exact) mass is 199 g/mol. The van der Waals surface area contributed by atoms with E-state index < -0.39 is 0 Å². The van der Waals surface area contributed by atoms with E-state index in [0.717, 1.165) is 11.6 Å². The van der Waals surface area contributed by atoms with Crippen molar-refractivity contribution in [1.82, 2.24) is 10.3 Å². The summed E-state index contributed by atoms with van der Waals surface area (Å²) in [5.41, 5.74) is 5.61. The molecule has 74 valence electrons. The van der Waals surface area contributed by atoms with E-state index in [4.69, 9.17) is 5.73 Å². The summed E-state index contributed by atoms with van der Waals surface area (Å²) in [6.45, 7) is 7.04. The summed E-state index contributed by atoms with van der Waals surface area (Å²) in [4.78, 5) is 4.28. The molecule has 0 aromatic carbocycles. The highest BCUT2D eigenvalue weighted by atomic mass is 32.1. The van der Waals surface area contributed by atoms with E-state index in [2.05, 4.69) is 24.1 Å². The average molecular weight is 199 g/mol. The first-order valence-corrected chi connectivity index (χ1v) is 5.31. The molecular weight excluding hydrogens is 182 g/mol. The van der Waals surface area contributed by atoms with Crippen LogP contribution in [-0.4, -0.2) is 17.6 Å². The van der Waals surface area contributed by atoms with Gasteiger partial charge in [0.25, 0.3) is 0 Å². The van der Waals surface area contributed by atoms with Crippen molar-refractivity contribution < 1.29 is 0 Å². The molecule has 0 fully saturated rings. The predicted molar refractivity (Wildman–Crippen MR) is 56.8 cm³/mol. The molecule has 0 saturated carbocycles. The summed E-state index contributed by atoms with van der Waals surface area (Å²) < 4.78 is 0. The Morgan fingerprint density at radius 3 is 2.85 bits per heavy atom. The fraction of sp³-hybridized carbons (Fsp3) is 0.667. The number of rotatable bonds is 4. The highest BCUT2D eigenvalue weighted by Gasteiger charge is 2.22. The van der Waals surface area contributed by atoms with E-state index in [1.807, 2.05) is 18.5 Å². The first kappa shape index (κ1) is 10.6. The molecule has 0 bridgehead atoms. The standard InChI is InChI=1S/C9H17N3S/c1-7(10)6-12-9(2,3)8-11-4-5-13-8/h4-5,7,12H,6,10H2,1-3H3. The van der Waals surface area contributed by atoms with Crippen molar-refractivity contribution in [3.63, 3.8) is 0 Å². The molecule has 0 saturated heterocycles. The zero-order valence-electron chi connectivity index (χ0n) is 8.37. The van der Waals surface area contributed by atoms with Gasteiger partial charge in [0.1, 0.15) is 5.01 Å². The molecule has 4 heteroatoms. The zero-order chi connectivity index (χ0) is 9.90. The maximum Gasteiger partial charge on any atom is 0.112 e. The SMILES string of the molecule is CC(N)CNC(C)(C)c1nccs1. The summed E-state index contributed by atoms with van der Waals surface area (Å²) in [5, 5.41) is 6.48. The summed E-state index contributed by atoms with van der Waals surface area (Å²) in [7, 11) is 0. The van der Waals surface area contributed by atoms with E-state index in [1.165, 1.54) is 0 Å². The molecule has 0 amide bonds. The van der Waals surface area contributed by atoms with E-state index in [1.54, 1.807) is 11.3 Å². The molecule has 0 radical (unpaired) electrons. The van der Waals surface area contributed by atoms with Gasteiger partial charge in [-0.2, -0.15) is 0 Å². The summed E-state index contributed by atoms with van der Waals surface area (Å²) >= 11 is 1.67. The van der Waals surface area contributed by atoms with Crippen LogP contribution in [0.25, 0.3) is 0 Å². The van der Waals surface area contributed by atoms with Crippen LogP contribution in [0.5, 0.6) is 0 Å². The molecule has 0 aliphatic rings. The van der Waals surface area contributed by atoms with Gasteiger partial charge in [-0.1, -0.05) is 0 Å². The minimum Gasteiger partial charge on any atom is -0.327 e. The maximum atomic E-state index is 5.67. The second-order valence-corrected chi connectivity index (χ2v) is 4.72. The smallest absolute Gasteiger partial charge is 0.112 e. The van der Waals surface area contributed by atoms with E-state index in [0.29, 0.717) is 0 Å². The van der Waals surface area contributed by atoms with Gasteiger partial charge in [-0.25, -0.2) is 4.98 Å². The Bertz CT molecular complexity index is 241. The molecule has 1 aromatic heterocycles. The first-order chi connectivity index (χ1) is 6.02. The third-order valence-corrected chi connectivity index (χ3v) is 2.93. The van der Waals surface area contributed by atoms with Crippen molar-refractivity contribution in [1.29, 1.82) is 0 Å². The van der Waals surface area contributed by atoms with Crippen molar-refractivity contribution in [2.75, 3.05) is 6.54 Å². The van der Waals surface area contributed by atoms with Gasteiger partial charge in [-0.3, -0.25) is 0 Å². The topological polar surface area (TPSA) is 50.9 Å². The number of hydrogen-bond donors (Lipinski definition) is 2. The molecule has 1 unspecified atom stereocenters. The highest BCUT2D eigenvalue weighted by Crippen LogP contribution is 2.21. The molecule has 1 atom stereocenters. The van der Waals surface area contributed by atoms with Gasteiger partial charge < -0.3 is 11.1 Å². The van der Waals surface area contributed by atoms with Crippen LogP contribution in [0, 0.1) is 0 Å². The van der Waals surface area contributed by atoms with E-state index in [9.17, 15) is 0 Å². The number of nitrogens with one attached hydrogen (secondary N) is 1. The average Bonchev–Trinajstić information content (AvgIpc) is 2.53. The lowest BCUT2D eigenvalue weighted by molar-refractivity contribution is 0.389. The van der Waals surface area contributed by atoms with Gasteiger partial charge in [0, 0.05) is 24.2 Å². The molecular formula is C9H17N3S. The first-order valence-electron chi connectivity index (χ1n) is 4.43. The Balaban J connectivity index is 2.56. The lowest BCUT2D eigenvalue weighted by Crippen LogP contribution is -2.42. The Labute approximate surface area is 83.4 Å². The quantitative estimate of drug-likeness (QED) is 0.769. The minimum atomic E-state index is -0.0677. The highest BCUT2D eigenvalue weighted by molar-refractivity contribution is 7.09. The Kier molecular flexibility index (Phi) is 3.41. The normalized spacial score (nSPS) is 14.5. The lowest BCUT2D eigenvalue weighted by Gasteiger charge is -2.24. The Morgan fingerprint density at radius 2 is 2.38 bits per heavy atom. The van der Waals surface area contributed by atoms with Gasteiger partial charge >= 0.3 is 0 Å². The second-order valence-electron chi connectivity index (χ2n) is 3.82. The van der Waals surface area contributed by atoms with Gasteiger partial charge in [-0.15, -0.1) is 11.3 Å². The van der Waals surface area contributed by atoms with Crippen LogP contribution >= 0.6 is 11.3 Å². The van der Waals surface area contributed by atoms with Crippen molar-refractivity contribution in [3.05, 3.63) is 16.6 Å². The molecule has 1 heterocycles. The summed E-state index contributed by atoms with van der Waals surface area (Å²) in [5.74, 6) is 0. The maximum absolute atomic E-state index is 5.67. The van der Waals surface area contributed by atoms with Gasteiger partial charge in [-0.05, 0) is 20.8 Å². The fourth-order valence-corrected chi connectivity index (χ4v) is 1.76. The van der Waals surface area contributed by atoms with Crippen LogP contribution in [0.1, 0.15) is 25.8 Å². The molecule has 3 nitrogen and oxygen atoms in total. The van der Waals surface area contributed by atoms with Crippen LogP contribution in [-0.2, 0) is 5.54 Å². The predicted octanol–water partition coefficient (Wildman–Crippen LogP) is 1.31. The summed E-state index contributed by atoms with van der Waals surface area (Å²) in [6, 6.07) is 0.180. The van der Waals surface area contributed by atoms with Gasteiger partial charge in [0.15, 0.2) is 0 Å². The number of hydrogen-bond acceptors (Lipinski definition) is 4. The molecule has 1 aromatic rings. The van der Waals surface area contributed by atoms with Gasteiger partial charge in [0.2, 0.25) is 0 Å². The van der Waals surface area contributed by atoms with Crippen LogP contribution in [0.4, 0.5) is 0 Å². The number of nitrogens with zero attached hydrogens (tertiary/aromatic N) is 1. The third kappa shape index (κ3) is 3.06. The number of nitrogens with two attached hydrogens (primary N) is 1. The molecule has 0 aliphatic heterocycles. The van der Waals surface area contributed by atoms with E-state index >= 15 is 0 Å². The fourth-order valence-electron chi connectivity index (χ4n) is 1.02. The lowest BCUT2D eigenvalue weighted by atomic mass is 10.1. The van der Waals surface area contributed by atoms with Crippen molar-refractivity contribution in [3.8, 4) is 0 Å². The largest absolute Gasteiger partial charge is 0.327 e. The van der Waals surface area contributed by atoms with Crippen LogP contribution in [0.15, 0.2) is 11.6 Å². The van der Waals surface area contributed by atoms with E-state index in [-0.39, 0.29) is 11.6 Å². The zero-order valence-corrected chi connectivity index (χ0v) is 9.19. The van der Waals surface area contributed by atoms with Crippen LogP contribution in [0.3, 0.4) is 0 Å². The second kappa shape index (κ2) is 4.17. The Hall–Kier alpha value is -0.450. The molecule has 0 spiro atoms. The van der Waals surface area contributed by atoms with Crippen LogP contribution in [0.2, 0.25) is 0 Å².